The van der Waals surface area contributed by atoms with Crippen molar-refractivity contribution in [1.29, 1.82) is 0 Å². The number of carbonyl (C=O) groups excluding carboxylic acids is 1. The Morgan fingerprint density at radius 3 is 2.61 bits per heavy atom. The van der Waals surface area contributed by atoms with Gasteiger partial charge in [-0.05, 0) is 25.6 Å². The lowest BCUT2D eigenvalue weighted by Gasteiger charge is -2.26. The number of hydrogen-bond donors (Lipinski definition) is 2. The summed E-state index contributed by atoms with van der Waals surface area (Å²) in [4.78, 5) is 11.3. The number of likely N-dealkylation sites (N-methyl/N-ethyl adjacent to an activating group) is 1. The molecule has 18 heavy (non-hydrogen) atoms. The van der Waals surface area contributed by atoms with Crippen LogP contribution in [0.3, 0.4) is 0 Å². The number of nitrogens with one attached hydrogen (secondary N) is 1. The minimum absolute atomic E-state index is 0.0682. The van der Waals surface area contributed by atoms with Crippen molar-refractivity contribution in [3.05, 3.63) is 29.8 Å². The summed E-state index contributed by atoms with van der Waals surface area (Å²) >= 11 is 0. The third kappa shape index (κ3) is 3.40. The Kier molecular flexibility index (Phi) is 4.61. The summed E-state index contributed by atoms with van der Waals surface area (Å²) in [7, 11) is 0. The first-order valence-electron chi connectivity index (χ1n) is 5.52. The zero-order valence-electron chi connectivity index (χ0n) is 10.3. The van der Waals surface area contributed by atoms with E-state index in [2.05, 4.69) is 5.32 Å². The fourth-order valence-electron chi connectivity index (χ4n) is 1.39. The van der Waals surface area contributed by atoms with Crippen molar-refractivity contribution >= 4 is 5.91 Å². The Bertz CT molecular complexity index is 440. The summed E-state index contributed by atoms with van der Waals surface area (Å²) < 4.78 is 30.9. The number of carbonyl (C=O) groups is 1. The van der Waals surface area contributed by atoms with E-state index in [1.54, 1.807) is 6.92 Å². The number of hydrogen-bond acceptors (Lipinski definition) is 3. The first kappa shape index (κ1) is 14.4. The number of ether oxygens (including phenoxy) is 1. The Morgan fingerprint density at radius 2 is 2.11 bits per heavy atom. The molecule has 1 unspecified atom stereocenters. The molecule has 6 heteroatoms. The third-order valence-electron chi connectivity index (χ3n) is 2.53. The highest BCUT2D eigenvalue weighted by molar-refractivity contribution is 5.84. The monoisotopic (exact) mass is 258 g/mol. The molecule has 1 aromatic carbocycles. The van der Waals surface area contributed by atoms with Crippen LogP contribution < -0.4 is 15.8 Å². The molecular weight excluding hydrogens is 242 g/mol. The van der Waals surface area contributed by atoms with Crippen LogP contribution in [0.4, 0.5) is 8.78 Å². The Morgan fingerprint density at radius 1 is 1.44 bits per heavy atom. The molecule has 3 N–H and O–H groups in total. The molecule has 0 aromatic heterocycles. The van der Waals surface area contributed by atoms with Crippen molar-refractivity contribution in [2.45, 2.75) is 19.4 Å². The van der Waals surface area contributed by atoms with Crippen LogP contribution in [0.25, 0.3) is 0 Å². The van der Waals surface area contributed by atoms with Gasteiger partial charge in [0.25, 0.3) is 0 Å². The van der Waals surface area contributed by atoms with Crippen molar-refractivity contribution in [1.82, 2.24) is 5.32 Å². The Balaban J connectivity index is 2.73. The molecule has 0 saturated heterocycles. The third-order valence-corrected chi connectivity index (χ3v) is 2.53. The van der Waals surface area contributed by atoms with Crippen molar-refractivity contribution in [3.8, 4) is 5.75 Å². The maximum absolute atomic E-state index is 12.9. The lowest BCUT2D eigenvalue weighted by Crippen LogP contribution is -2.57. The normalized spacial score (nSPS) is 14.0. The first-order chi connectivity index (χ1) is 8.39. The molecule has 1 aromatic rings. The minimum atomic E-state index is -1.06. The van der Waals surface area contributed by atoms with E-state index >= 15 is 0 Å². The van der Waals surface area contributed by atoms with Crippen LogP contribution in [0.15, 0.2) is 18.2 Å². The van der Waals surface area contributed by atoms with Gasteiger partial charge in [-0.2, -0.15) is 0 Å². The average molecular weight is 258 g/mol. The van der Waals surface area contributed by atoms with Gasteiger partial charge < -0.3 is 15.8 Å². The van der Waals surface area contributed by atoms with Crippen molar-refractivity contribution in [2.75, 3.05) is 13.2 Å². The molecule has 0 aliphatic rings. The Hall–Kier alpha value is -1.69. The predicted octanol–water partition coefficient (Wildman–Crippen LogP) is 1.20. The molecule has 1 rings (SSSR count). The second-order valence-corrected chi connectivity index (χ2v) is 4.09. The molecule has 4 nitrogen and oxygen atoms in total. The van der Waals surface area contributed by atoms with Gasteiger partial charge >= 0.3 is 0 Å². The van der Waals surface area contributed by atoms with E-state index in [1.807, 2.05) is 6.92 Å². The van der Waals surface area contributed by atoms with E-state index < -0.39 is 23.1 Å². The molecule has 0 saturated carbocycles. The van der Waals surface area contributed by atoms with Gasteiger partial charge in [-0.25, -0.2) is 8.78 Å². The van der Waals surface area contributed by atoms with Crippen molar-refractivity contribution < 1.29 is 18.3 Å². The molecule has 1 atom stereocenters. The minimum Gasteiger partial charge on any atom is -0.491 e. The second kappa shape index (κ2) is 5.77. The van der Waals surface area contributed by atoms with Gasteiger partial charge in [0.15, 0.2) is 11.6 Å². The van der Waals surface area contributed by atoms with Crippen LogP contribution in [-0.2, 0) is 4.79 Å². The van der Waals surface area contributed by atoms with Crippen LogP contribution >= 0.6 is 0 Å². The van der Waals surface area contributed by atoms with Crippen molar-refractivity contribution in [3.63, 3.8) is 0 Å². The summed E-state index contributed by atoms with van der Waals surface area (Å²) in [5, 5.41) is 2.89. The largest absolute Gasteiger partial charge is 0.491 e. The number of benzene rings is 1. The molecule has 0 aliphatic heterocycles. The molecule has 0 spiro atoms. The molecule has 0 bridgehead atoms. The zero-order valence-corrected chi connectivity index (χ0v) is 10.3. The molecular formula is C12H16F2N2O2. The SMILES string of the molecule is CCNC(C)(COc1ccc(F)c(F)c1)C(N)=O. The summed E-state index contributed by atoms with van der Waals surface area (Å²) in [6.45, 7) is 3.86. The van der Waals surface area contributed by atoms with Crippen LogP contribution in [0, 0.1) is 11.6 Å². The van der Waals surface area contributed by atoms with Gasteiger partial charge in [0.05, 0.1) is 0 Å². The molecule has 0 heterocycles. The van der Waals surface area contributed by atoms with E-state index in [0.29, 0.717) is 6.54 Å². The lowest BCUT2D eigenvalue weighted by atomic mass is 10.0. The zero-order chi connectivity index (χ0) is 13.8. The highest BCUT2D eigenvalue weighted by Gasteiger charge is 2.31. The number of halogens is 2. The number of amides is 1. The first-order valence-corrected chi connectivity index (χ1v) is 5.52. The highest BCUT2D eigenvalue weighted by Crippen LogP contribution is 2.17. The smallest absolute Gasteiger partial charge is 0.240 e. The Labute approximate surface area is 104 Å². The number of primary amides is 1. The molecule has 100 valence electrons. The highest BCUT2D eigenvalue weighted by atomic mass is 19.2. The van der Waals surface area contributed by atoms with Gasteiger partial charge in [0.2, 0.25) is 5.91 Å². The summed E-state index contributed by atoms with van der Waals surface area (Å²) in [6.07, 6.45) is 0. The van der Waals surface area contributed by atoms with Crippen LogP contribution in [0.1, 0.15) is 13.8 Å². The lowest BCUT2D eigenvalue weighted by molar-refractivity contribution is -0.124. The number of nitrogens with two attached hydrogens (primary N) is 1. The molecule has 0 fully saturated rings. The molecule has 1 amide bonds. The standard InChI is InChI=1S/C12H16F2N2O2/c1-3-16-12(2,11(15)17)7-18-8-4-5-9(13)10(14)6-8/h4-6,16H,3,7H2,1-2H3,(H2,15,17). The average Bonchev–Trinajstić information content (AvgIpc) is 2.31. The summed E-state index contributed by atoms with van der Waals surface area (Å²) in [5.41, 5.74) is 4.20. The van der Waals surface area contributed by atoms with Gasteiger partial charge in [-0.1, -0.05) is 6.92 Å². The quantitative estimate of drug-likeness (QED) is 0.805. The fourth-order valence-corrected chi connectivity index (χ4v) is 1.39. The van der Waals surface area contributed by atoms with E-state index in [1.165, 1.54) is 6.07 Å². The van der Waals surface area contributed by atoms with Crippen LogP contribution in [0.5, 0.6) is 5.75 Å². The maximum atomic E-state index is 12.9. The fraction of sp³-hybridized carbons (Fsp3) is 0.417. The second-order valence-electron chi connectivity index (χ2n) is 4.09. The van der Waals surface area contributed by atoms with Crippen molar-refractivity contribution in [2.24, 2.45) is 5.73 Å². The van der Waals surface area contributed by atoms with Gasteiger partial charge in [-0.3, -0.25) is 4.79 Å². The maximum Gasteiger partial charge on any atom is 0.240 e. The van der Waals surface area contributed by atoms with E-state index in [4.69, 9.17) is 10.5 Å². The summed E-state index contributed by atoms with van der Waals surface area (Å²) in [5.74, 6) is -2.39. The topological polar surface area (TPSA) is 64.3 Å². The van der Waals surface area contributed by atoms with E-state index in [9.17, 15) is 13.6 Å². The summed E-state index contributed by atoms with van der Waals surface area (Å²) in [6, 6.07) is 3.16. The molecule has 0 aliphatic carbocycles. The predicted molar refractivity (Wildman–Crippen MR) is 63.1 cm³/mol. The van der Waals surface area contributed by atoms with Gasteiger partial charge in [0, 0.05) is 6.07 Å². The van der Waals surface area contributed by atoms with Crippen LogP contribution in [-0.4, -0.2) is 24.6 Å². The van der Waals surface area contributed by atoms with E-state index in [0.717, 1.165) is 12.1 Å². The van der Waals surface area contributed by atoms with Crippen LogP contribution in [0.2, 0.25) is 0 Å². The van der Waals surface area contributed by atoms with Gasteiger partial charge in [-0.15, -0.1) is 0 Å². The van der Waals surface area contributed by atoms with E-state index in [-0.39, 0.29) is 12.4 Å². The molecule has 0 radical (unpaired) electrons. The van der Waals surface area contributed by atoms with Gasteiger partial charge in [0.1, 0.15) is 17.9 Å². The number of rotatable bonds is 6.